The number of pyridine rings is 1. The van der Waals surface area contributed by atoms with Gasteiger partial charge in [-0.15, -0.1) is 0 Å². The second kappa shape index (κ2) is 2.26. The molecule has 2 aliphatic rings. The van der Waals surface area contributed by atoms with Crippen molar-refractivity contribution in [1.82, 2.24) is 15.0 Å². The minimum atomic E-state index is 0.211. The van der Waals surface area contributed by atoms with Crippen LogP contribution in [0.2, 0.25) is 0 Å². The maximum atomic E-state index is 11.0. The van der Waals surface area contributed by atoms with Gasteiger partial charge in [-0.3, -0.25) is 0 Å². The van der Waals surface area contributed by atoms with Crippen molar-refractivity contribution in [1.29, 1.82) is 0 Å². The maximum Gasteiger partial charge on any atom is 0.231 e. The summed E-state index contributed by atoms with van der Waals surface area (Å²) in [5.74, 6) is 0. The lowest BCUT2D eigenvalue weighted by molar-refractivity contribution is -0.560. The Labute approximate surface area is 66.6 Å². The molecule has 2 aliphatic heterocycles. The Morgan fingerprint density at radius 1 is 1.58 bits per heavy atom. The highest BCUT2D eigenvalue weighted by Crippen LogP contribution is 2.11. The lowest BCUT2D eigenvalue weighted by atomic mass is 10.3. The largest absolute Gasteiger partial charge is 0.805 e. The van der Waals surface area contributed by atoms with Crippen LogP contribution in [0.4, 0.5) is 0 Å². The molecule has 6 heteroatoms. The predicted molar refractivity (Wildman–Crippen MR) is 38.8 cm³/mol. The summed E-state index contributed by atoms with van der Waals surface area (Å²) in [6.45, 7) is 0. The highest BCUT2D eigenvalue weighted by Gasteiger charge is 2.12. The van der Waals surface area contributed by atoms with Gasteiger partial charge in [0, 0.05) is 0 Å². The zero-order valence-corrected chi connectivity index (χ0v) is 5.91. The van der Waals surface area contributed by atoms with E-state index in [1.807, 2.05) is 0 Å². The smallest absolute Gasteiger partial charge is 0.231 e. The Balaban J connectivity index is 2.91. The van der Waals surface area contributed by atoms with Crippen LogP contribution < -0.4 is 4.54 Å². The van der Waals surface area contributed by atoms with E-state index < -0.39 is 0 Å². The molecule has 0 fully saturated rings. The van der Waals surface area contributed by atoms with Crippen LogP contribution in [0.3, 0.4) is 0 Å². The van der Waals surface area contributed by atoms with Crippen molar-refractivity contribution in [2.45, 2.75) is 0 Å². The second-order valence-electron chi connectivity index (χ2n) is 2.21. The third kappa shape index (κ3) is 0.815. The molecule has 0 aliphatic carbocycles. The molecule has 2 rings (SSSR count). The molecule has 0 N–H and O–H groups in total. The molecule has 12 heavy (non-hydrogen) atoms. The van der Waals surface area contributed by atoms with Gasteiger partial charge in [-0.2, -0.15) is 0 Å². The van der Waals surface area contributed by atoms with Crippen molar-refractivity contribution in [3.8, 4) is 11.4 Å². The maximum absolute atomic E-state index is 11.0. The average Bonchev–Trinajstić information content (AvgIpc) is 2.07. The van der Waals surface area contributed by atoms with Crippen LogP contribution in [0, 0.1) is 10.1 Å². The molecular weight excluding hydrogens is 160 g/mol. The van der Waals surface area contributed by atoms with Crippen molar-refractivity contribution in [2.24, 2.45) is 0 Å². The van der Waals surface area contributed by atoms with Crippen LogP contribution in [0.25, 0.3) is 11.4 Å². The van der Waals surface area contributed by atoms with Gasteiger partial charge >= 0.3 is 0 Å². The average molecular weight is 164 g/mol. The first-order chi connectivity index (χ1) is 5.79. The van der Waals surface area contributed by atoms with Gasteiger partial charge in [0.05, 0.1) is 5.10 Å². The third-order valence-corrected chi connectivity index (χ3v) is 1.49. The molecule has 0 radical (unpaired) electrons. The molecule has 2 heterocycles. The second-order valence-corrected chi connectivity index (χ2v) is 2.21. The first-order valence-corrected chi connectivity index (χ1v) is 3.22. The van der Waals surface area contributed by atoms with E-state index in [1.54, 1.807) is 0 Å². The quantitative estimate of drug-likeness (QED) is 0.498. The molecule has 60 valence electrons. The molecule has 0 saturated heterocycles. The summed E-state index contributed by atoms with van der Waals surface area (Å²) in [4.78, 5) is 10.9. The van der Waals surface area contributed by atoms with E-state index >= 15 is 0 Å². The zero-order chi connectivity index (χ0) is 8.55. The zero-order valence-electron chi connectivity index (χ0n) is 5.91. The van der Waals surface area contributed by atoms with Crippen molar-refractivity contribution in [3.63, 3.8) is 0 Å². The summed E-state index contributed by atoms with van der Waals surface area (Å²) in [6.07, 6.45) is 2.54. The van der Waals surface area contributed by atoms with Gasteiger partial charge in [-0.25, -0.2) is 0 Å². The van der Waals surface area contributed by atoms with E-state index in [9.17, 15) is 10.1 Å². The van der Waals surface area contributed by atoms with Crippen LogP contribution >= 0.6 is 0 Å². The number of aromatic nitrogens is 4. The predicted octanol–water partition coefficient (Wildman–Crippen LogP) is -0.357. The van der Waals surface area contributed by atoms with Gasteiger partial charge in [-0.05, 0) is 23.2 Å². The van der Waals surface area contributed by atoms with Crippen LogP contribution in [-0.2, 0) is 0 Å². The summed E-state index contributed by atoms with van der Waals surface area (Å²) in [5.41, 5.74) is 0.421. The van der Waals surface area contributed by atoms with Gasteiger partial charge < -0.3 is 9.94 Å². The number of hydrogen-bond donors (Lipinski definition) is 0. The highest BCUT2D eigenvalue weighted by atomic mass is 16.5. The highest BCUT2D eigenvalue weighted by molar-refractivity contribution is 5.50. The van der Waals surface area contributed by atoms with E-state index in [4.69, 9.17) is 0 Å². The van der Waals surface area contributed by atoms with Gasteiger partial charge in [0.25, 0.3) is 0 Å². The van der Waals surface area contributed by atoms with E-state index in [1.165, 1.54) is 24.5 Å². The number of nitrogens with zero attached hydrogens (tertiary/aromatic N) is 4. The topological polar surface area (TPSA) is 76.7 Å². The Morgan fingerprint density at radius 2 is 2.42 bits per heavy atom. The number of hydrogen-bond acceptors (Lipinski definition) is 4. The van der Waals surface area contributed by atoms with Gasteiger partial charge in [-0.1, -0.05) is 0 Å². The lowest BCUT2D eigenvalue weighted by Crippen LogP contribution is -2.25. The van der Waals surface area contributed by atoms with Crippen LogP contribution in [-0.4, -0.2) is 15.0 Å². The SMILES string of the molecule is O=[n+]1nncc2n([O-])cccc1-2. The molecule has 0 aromatic carbocycles. The summed E-state index contributed by atoms with van der Waals surface area (Å²) < 4.78 is 0.877. The van der Waals surface area contributed by atoms with Crippen molar-refractivity contribution in [3.05, 3.63) is 34.6 Å². The lowest BCUT2D eigenvalue weighted by Gasteiger charge is -2.12. The minimum absolute atomic E-state index is 0.211. The van der Waals surface area contributed by atoms with Gasteiger partial charge in [0.1, 0.15) is 10.2 Å². The summed E-state index contributed by atoms with van der Waals surface area (Å²) in [6, 6.07) is 2.98. The normalized spacial score (nSPS) is 10.3. The van der Waals surface area contributed by atoms with Gasteiger partial charge in [0.15, 0.2) is 11.4 Å². The number of fused-ring (bicyclic) bond motifs is 1. The van der Waals surface area contributed by atoms with E-state index in [2.05, 4.69) is 10.3 Å². The molecule has 6 nitrogen and oxygen atoms in total. The molecular formula is C6H4N4O2. The molecule has 0 atom stereocenters. The van der Waals surface area contributed by atoms with Crippen LogP contribution in [0.5, 0.6) is 0 Å². The minimum Gasteiger partial charge on any atom is -0.805 e. The molecule has 0 aromatic heterocycles. The van der Waals surface area contributed by atoms with E-state index in [-0.39, 0.29) is 11.4 Å². The van der Waals surface area contributed by atoms with Crippen molar-refractivity contribution >= 4 is 0 Å². The summed E-state index contributed by atoms with van der Waals surface area (Å²) >= 11 is 0. The molecule has 0 saturated carbocycles. The van der Waals surface area contributed by atoms with Crippen LogP contribution in [0.1, 0.15) is 0 Å². The molecule has 0 bridgehead atoms. The first-order valence-electron chi connectivity index (χ1n) is 3.22. The van der Waals surface area contributed by atoms with Crippen molar-refractivity contribution < 1.29 is 4.54 Å². The number of rotatable bonds is 0. The molecule has 0 unspecified atom stereocenters. The Morgan fingerprint density at radius 3 is 3.17 bits per heavy atom. The van der Waals surface area contributed by atoms with Crippen molar-refractivity contribution in [2.75, 3.05) is 0 Å². The summed E-state index contributed by atoms with van der Waals surface area (Å²) in [5, 5.41) is 17.6. The standard InChI is InChI=1S/C6H4N4O2/c11-9-3-1-2-5-6(9)4-7-8-10(5)12/h1-4H. The molecule has 0 spiro atoms. The van der Waals surface area contributed by atoms with E-state index in [0.29, 0.717) is 9.27 Å². The Hall–Kier alpha value is -1.98. The fourth-order valence-electron chi connectivity index (χ4n) is 0.951. The fourth-order valence-corrected chi connectivity index (χ4v) is 0.951. The first kappa shape index (κ1) is 6.71. The third-order valence-electron chi connectivity index (χ3n) is 1.49. The fraction of sp³-hybridized carbons (Fsp3) is 0. The Bertz CT molecular complexity index is 438. The van der Waals surface area contributed by atoms with Crippen LogP contribution in [0.15, 0.2) is 24.5 Å². The van der Waals surface area contributed by atoms with Gasteiger partial charge in [0.2, 0.25) is 5.69 Å². The summed E-state index contributed by atoms with van der Waals surface area (Å²) in [7, 11) is 0. The monoisotopic (exact) mass is 164 g/mol. The molecule has 0 aromatic rings. The van der Waals surface area contributed by atoms with E-state index in [0.717, 1.165) is 0 Å². The Kier molecular flexibility index (Phi) is 1.26. The molecule has 0 amide bonds.